The van der Waals surface area contributed by atoms with E-state index in [1.807, 2.05) is 0 Å². The van der Waals surface area contributed by atoms with Gasteiger partial charge in [-0.05, 0) is 12.8 Å². The summed E-state index contributed by atoms with van der Waals surface area (Å²) in [4.78, 5) is 19.2. The molecule has 17 heavy (non-hydrogen) atoms. The zero-order valence-electron chi connectivity index (χ0n) is 8.77. The monoisotopic (exact) mass is 250 g/mol. The van der Waals surface area contributed by atoms with Crippen molar-refractivity contribution in [2.45, 2.75) is 26.3 Å². The van der Waals surface area contributed by atoms with Crippen LogP contribution in [0, 0.1) is 5.41 Å². The molecule has 0 radical (unpaired) electrons. The Hall–Kier alpha value is -2.03. The predicted molar refractivity (Wildman–Crippen MR) is 65.3 cm³/mol. The molecule has 1 unspecified atom stereocenters. The van der Waals surface area contributed by atoms with Gasteiger partial charge in [0.15, 0.2) is 5.96 Å². The lowest BCUT2D eigenvalue weighted by molar-refractivity contribution is -0.138. The number of carboxylic acids is 1. The first-order valence-corrected chi connectivity index (χ1v) is 4.38. The van der Waals surface area contributed by atoms with Crippen LogP contribution in [0.25, 0.3) is 0 Å². The van der Waals surface area contributed by atoms with Crippen LogP contribution in [0.1, 0.15) is 20.3 Å². The number of primary amides is 2. The molecule has 0 spiro atoms. The van der Waals surface area contributed by atoms with Crippen LogP contribution in [0.3, 0.4) is 0 Å². The van der Waals surface area contributed by atoms with Crippen molar-refractivity contribution < 1.29 is 14.7 Å². The minimum atomic E-state index is -1.00. The number of nitrogens with two attached hydrogens (primary N) is 4. The molecule has 9 nitrogen and oxygen atoms in total. The number of hydrogen-bond donors (Lipinski definition) is 7. The highest BCUT2D eigenvalue weighted by molar-refractivity contribution is 5.74. The van der Waals surface area contributed by atoms with Gasteiger partial charge in [-0.2, -0.15) is 0 Å². The Balaban J connectivity index is -0.000000340. The number of nitrogens with one attached hydrogen (secondary N) is 2. The number of carbonyl (C=O) groups is 2. The molecule has 0 aliphatic carbocycles. The Bertz CT molecular complexity index is 241. The number of rotatable bonds is 5. The lowest BCUT2D eigenvalue weighted by Gasteiger charge is -2.06. The van der Waals surface area contributed by atoms with Gasteiger partial charge in [-0.1, -0.05) is 7.43 Å². The molecule has 11 N–H and O–H groups in total. The fourth-order valence-corrected chi connectivity index (χ4v) is 0.669. The van der Waals surface area contributed by atoms with Gasteiger partial charge in [0, 0.05) is 6.54 Å². The first-order valence-electron chi connectivity index (χ1n) is 4.38. The number of carboxylic acid groups (broad SMARTS) is 1. The molecule has 0 aliphatic rings. The molecule has 0 saturated heterocycles. The van der Waals surface area contributed by atoms with Crippen molar-refractivity contribution in [1.82, 2.24) is 5.32 Å². The van der Waals surface area contributed by atoms with Crippen molar-refractivity contribution in [2.75, 3.05) is 6.54 Å². The third-order valence-electron chi connectivity index (χ3n) is 1.32. The molecular formula is C8H22N6O3. The highest BCUT2D eigenvalue weighted by Gasteiger charge is 2.09. The van der Waals surface area contributed by atoms with Gasteiger partial charge in [-0.3, -0.25) is 10.2 Å². The molecule has 0 aromatic rings. The van der Waals surface area contributed by atoms with E-state index in [2.05, 4.69) is 16.8 Å². The largest absolute Gasteiger partial charge is 0.480 e. The van der Waals surface area contributed by atoms with Gasteiger partial charge >= 0.3 is 12.0 Å². The number of guanidine groups is 1. The normalized spacial score (nSPS) is 9.94. The summed E-state index contributed by atoms with van der Waals surface area (Å²) in [6.45, 7) is 0.482. The van der Waals surface area contributed by atoms with E-state index in [1.165, 1.54) is 0 Å². The second kappa shape index (κ2) is 12.0. The van der Waals surface area contributed by atoms with Crippen molar-refractivity contribution in [3.63, 3.8) is 0 Å². The standard InChI is InChI=1S/C6H14N4O2.CH4N2O.CH4/c7-4(5(11)12)2-1-3-10-6(8)9;2-1(3)4;/h4H,1-3,7H2,(H,11,12)(H4,8,9,10);(H4,2,3,4);1H4. The summed E-state index contributed by atoms with van der Waals surface area (Å²) in [5, 5.41) is 17.7. The molecule has 0 aromatic heterocycles. The fourth-order valence-electron chi connectivity index (χ4n) is 0.669. The summed E-state index contributed by atoms with van der Waals surface area (Å²) < 4.78 is 0. The molecule has 102 valence electrons. The summed E-state index contributed by atoms with van der Waals surface area (Å²) in [7, 11) is 0. The first-order chi connectivity index (χ1) is 7.27. The molecule has 0 bridgehead atoms. The zero-order valence-corrected chi connectivity index (χ0v) is 8.77. The van der Waals surface area contributed by atoms with Crippen molar-refractivity contribution in [3.05, 3.63) is 0 Å². The van der Waals surface area contributed by atoms with E-state index < -0.39 is 18.0 Å². The molecule has 0 saturated carbocycles. The average molecular weight is 250 g/mol. The molecule has 0 aliphatic heterocycles. The topological polar surface area (TPSA) is 194 Å². The van der Waals surface area contributed by atoms with Gasteiger partial charge in [-0.15, -0.1) is 0 Å². The van der Waals surface area contributed by atoms with Crippen LogP contribution in [0.4, 0.5) is 4.79 Å². The molecule has 0 fully saturated rings. The molecule has 1 atom stereocenters. The Labute approximate surface area is 100 Å². The second-order valence-corrected chi connectivity index (χ2v) is 2.83. The Morgan fingerprint density at radius 1 is 1.29 bits per heavy atom. The summed E-state index contributed by atoms with van der Waals surface area (Å²) in [6.07, 6.45) is 0.975. The number of urea groups is 1. The minimum absolute atomic E-state index is 0. The molecule has 0 heterocycles. The van der Waals surface area contributed by atoms with Crippen molar-refractivity contribution in [3.8, 4) is 0 Å². The van der Waals surface area contributed by atoms with Gasteiger partial charge in [0.1, 0.15) is 6.04 Å². The number of hydrogen-bond acceptors (Lipinski definition) is 4. The number of aliphatic carboxylic acids is 1. The van der Waals surface area contributed by atoms with E-state index in [9.17, 15) is 4.79 Å². The maximum atomic E-state index is 10.2. The summed E-state index contributed by atoms with van der Waals surface area (Å²) in [6, 6.07) is -1.65. The summed E-state index contributed by atoms with van der Waals surface area (Å²) >= 11 is 0. The molecule has 0 rings (SSSR count). The van der Waals surface area contributed by atoms with Crippen LogP contribution in [0.15, 0.2) is 0 Å². The van der Waals surface area contributed by atoms with Crippen molar-refractivity contribution >= 4 is 18.0 Å². The van der Waals surface area contributed by atoms with Crippen molar-refractivity contribution in [1.29, 1.82) is 5.41 Å². The highest BCUT2D eigenvalue weighted by atomic mass is 16.4. The van der Waals surface area contributed by atoms with Gasteiger partial charge in [0.2, 0.25) is 0 Å². The van der Waals surface area contributed by atoms with Gasteiger partial charge < -0.3 is 33.4 Å². The van der Waals surface area contributed by atoms with E-state index in [4.69, 9.17) is 26.8 Å². The van der Waals surface area contributed by atoms with E-state index >= 15 is 0 Å². The fraction of sp³-hybridized carbons (Fsp3) is 0.625. The van der Waals surface area contributed by atoms with E-state index in [0.29, 0.717) is 19.4 Å². The van der Waals surface area contributed by atoms with Crippen LogP contribution in [0.2, 0.25) is 0 Å². The maximum absolute atomic E-state index is 10.2. The van der Waals surface area contributed by atoms with Gasteiger partial charge in [0.05, 0.1) is 0 Å². The molecular weight excluding hydrogens is 228 g/mol. The lowest BCUT2D eigenvalue weighted by atomic mass is 10.2. The van der Waals surface area contributed by atoms with E-state index in [-0.39, 0.29) is 13.4 Å². The second-order valence-electron chi connectivity index (χ2n) is 2.83. The Morgan fingerprint density at radius 3 is 2.00 bits per heavy atom. The van der Waals surface area contributed by atoms with Crippen molar-refractivity contribution in [2.24, 2.45) is 22.9 Å². The number of carbonyl (C=O) groups excluding carboxylic acids is 1. The average Bonchev–Trinajstić information content (AvgIpc) is 2.10. The molecule has 9 heteroatoms. The molecule has 0 aromatic carbocycles. The zero-order chi connectivity index (χ0) is 13.1. The van der Waals surface area contributed by atoms with Crippen LogP contribution in [-0.2, 0) is 4.79 Å². The van der Waals surface area contributed by atoms with Crippen LogP contribution < -0.4 is 28.3 Å². The SMILES string of the molecule is C.N=C(N)NCCCC(N)C(=O)O.NC(N)=O. The van der Waals surface area contributed by atoms with Gasteiger partial charge in [-0.25, -0.2) is 4.79 Å². The maximum Gasteiger partial charge on any atom is 0.320 e. The van der Waals surface area contributed by atoms with Crippen LogP contribution in [-0.4, -0.2) is 35.7 Å². The third-order valence-corrected chi connectivity index (χ3v) is 1.32. The predicted octanol–water partition coefficient (Wildman–Crippen LogP) is -1.68. The van der Waals surface area contributed by atoms with E-state index in [1.54, 1.807) is 0 Å². The number of amides is 2. The summed E-state index contributed by atoms with van der Waals surface area (Å²) in [5.41, 5.74) is 18.7. The van der Waals surface area contributed by atoms with Gasteiger partial charge in [0.25, 0.3) is 0 Å². The Morgan fingerprint density at radius 2 is 1.71 bits per heavy atom. The highest BCUT2D eigenvalue weighted by Crippen LogP contribution is 1.92. The van der Waals surface area contributed by atoms with Crippen LogP contribution >= 0.6 is 0 Å². The third kappa shape index (κ3) is 24.9. The Kier molecular flexibility index (Phi) is 14.4. The van der Waals surface area contributed by atoms with E-state index in [0.717, 1.165) is 0 Å². The lowest BCUT2D eigenvalue weighted by Crippen LogP contribution is -2.34. The summed E-state index contributed by atoms with van der Waals surface area (Å²) in [5.74, 6) is -1.11. The quantitative estimate of drug-likeness (QED) is 0.173. The first kappa shape index (κ1) is 20.4. The smallest absolute Gasteiger partial charge is 0.320 e. The molecule has 2 amide bonds. The minimum Gasteiger partial charge on any atom is -0.480 e. The van der Waals surface area contributed by atoms with Crippen LogP contribution in [0.5, 0.6) is 0 Å².